The number of aromatic carboxylic acids is 1. The number of anilines is 2. The maximum absolute atomic E-state index is 12.8. The number of benzene rings is 2. The SMILES string of the molecule is Cc1cc(O)ccc1NC1CC(=O)N(c2cc(C(=O)O)ccc2C)C1=O. The molecule has 1 aliphatic rings. The number of aromatic hydroxyl groups is 1. The van der Waals surface area contributed by atoms with Crippen LogP contribution < -0.4 is 10.2 Å². The average molecular weight is 354 g/mol. The molecule has 2 amide bonds. The number of hydrogen-bond donors (Lipinski definition) is 3. The van der Waals surface area contributed by atoms with Gasteiger partial charge in [0.2, 0.25) is 5.91 Å². The van der Waals surface area contributed by atoms with Crippen molar-refractivity contribution < 1.29 is 24.6 Å². The van der Waals surface area contributed by atoms with Gasteiger partial charge in [-0.25, -0.2) is 9.69 Å². The van der Waals surface area contributed by atoms with E-state index in [2.05, 4.69) is 5.32 Å². The highest BCUT2D eigenvalue weighted by Gasteiger charge is 2.40. The fourth-order valence-corrected chi connectivity index (χ4v) is 2.98. The number of phenolic OH excluding ortho intramolecular Hbond substituents is 1. The van der Waals surface area contributed by atoms with Gasteiger partial charge in [-0.1, -0.05) is 6.07 Å². The number of carboxylic acids is 1. The first-order valence-corrected chi connectivity index (χ1v) is 8.05. The second-order valence-electron chi connectivity index (χ2n) is 6.27. The Labute approximate surface area is 149 Å². The maximum atomic E-state index is 12.8. The fourth-order valence-electron chi connectivity index (χ4n) is 2.98. The zero-order chi connectivity index (χ0) is 19.0. The predicted octanol–water partition coefficient (Wildman–Crippen LogP) is 2.45. The third kappa shape index (κ3) is 3.11. The van der Waals surface area contributed by atoms with Gasteiger partial charge in [0.25, 0.3) is 5.91 Å². The molecule has 134 valence electrons. The molecule has 1 atom stereocenters. The molecule has 7 nitrogen and oxygen atoms in total. The van der Waals surface area contributed by atoms with Gasteiger partial charge in [0.15, 0.2) is 0 Å². The first-order valence-electron chi connectivity index (χ1n) is 8.05. The van der Waals surface area contributed by atoms with Gasteiger partial charge in [-0.05, 0) is 55.3 Å². The molecule has 1 fully saturated rings. The number of carboxylic acid groups (broad SMARTS) is 1. The van der Waals surface area contributed by atoms with E-state index in [0.29, 0.717) is 11.3 Å². The minimum absolute atomic E-state index is 0.0111. The number of nitrogens with one attached hydrogen (secondary N) is 1. The monoisotopic (exact) mass is 354 g/mol. The van der Waals surface area contributed by atoms with Crippen LogP contribution in [0, 0.1) is 13.8 Å². The van der Waals surface area contributed by atoms with Gasteiger partial charge < -0.3 is 15.5 Å². The number of nitrogens with zero attached hydrogens (tertiary/aromatic N) is 1. The summed E-state index contributed by atoms with van der Waals surface area (Å²) in [6.07, 6.45) is -0.0319. The Hall–Kier alpha value is -3.35. The number of amides is 2. The second kappa shape index (κ2) is 6.51. The number of imide groups is 1. The van der Waals surface area contributed by atoms with Crippen LogP contribution in [0.15, 0.2) is 36.4 Å². The van der Waals surface area contributed by atoms with E-state index in [1.165, 1.54) is 18.2 Å². The van der Waals surface area contributed by atoms with Gasteiger partial charge in [-0.3, -0.25) is 9.59 Å². The number of aryl methyl sites for hydroxylation is 2. The van der Waals surface area contributed by atoms with E-state index in [1.807, 2.05) is 0 Å². The Morgan fingerprint density at radius 3 is 2.50 bits per heavy atom. The van der Waals surface area contributed by atoms with Crippen molar-refractivity contribution >= 4 is 29.2 Å². The molecule has 0 bridgehead atoms. The van der Waals surface area contributed by atoms with Crippen LogP contribution in [-0.2, 0) is 9.59 Å². The number of rotatable bonds is 4. The Morgan fingerprint density at radius 1 is 1.12 bits per heavy atom. The van der Waals surface area contributed by atoms with E-state index < -0.39 is 23.8 Å². The van der Waals surface area contributed by atoms with Gasteiger partial charge in [-0.15, -0.1) is 0 Å². The highest BCUT2D eigenvalue weighted by atomic mass is 16.4. The van der Waals surface area contributed by atoms with Crippen LogP contribution in [0.25, 0.3) is 0 Å². The minimum atomic E-state index is -1.13. The zero-order valence-electron chi connectivity index (χ0n) is 14.3. The van der Waals surface area contributed by atoms with E-state index >= 15 is 0 Å². The molecule has 1 unspecified atom stereocenters. The molecule has 7 heteroatoms. The quantitative estimate of drug-likeness (QED) is 0.575. The van der Waals surface area contributed by atoms with Gasteiger partial charge in [-0.2, -0.15) is 0 Å². The van der Waals surface area contributed by atoms with Gasteiger partial charge in [0.05, 0.1) is 17.7 Å². The third-order valence-corrected chi connectivity index (χ3v) is 4.38. The summed E-state index contributed by atoms with van der Waals surface area (Å²) >= 11 is 0. The molecule has 3 N–H and O–H groups in total. The summed E-state index contributed by atoms with van der Waals surface area (Å²) in [5.41, 5.74) is 2.32. The van der Waals surface area contributed by atoms with E-state index in [4.69, 9.17) is 5.11 Å². The summed E-state index contributed by atoms with van der Waals surface area (Å²) in [4.78, 5) is 37.4. The molecule has 2 aromatic carbocycles. The second-order valence-corrected chi connectivity index (χ2v) is 6.27. The van der Waals surface area contributed by atoms with Crippen molar-refractivity contribution in [3.05, 3.63) is 53.1 Å². The Morgan fingerprint density at radius 2 is 1.85 bits per heavy atom. The molecule has 0 saturated carbocycles. The van der Waals surface area contributed by atoms with Crippen LogP contribution in [0.3, 0.4) is 0 Å². The van der Waals surface area contributed by atoms with Gasteiger partial charge in [0.1, 0.15) is 11.8 Å². The summed E-state index contributed by atoms with van der Waals surface area (Å²) < 4.78 is 0. The zero-order valence-corrected chi connectivity index (χ0v) is 14.3. The molecular weight excluding hydrogens is 336 g/mol. The van der Waals surface area contributed by atoms with E-state index in [0.717, 1.165) is 10.5 Å². The Kier molecular flexibility index (Phi) is 4.38. The molecule has 0 aliphatic carbocycles. The lowest BCUT2D eigenvalue weighted by Crippen LogP contribution is -2.35. The summed E-state index contributed by atoms with van der Waals surface area (Å²) in [6.45, 7) is 3.49. The molecule has 1 heterocycles. The number of carbonyl (C=O) groups excluding carboxylic acids is 2. The standard InChI is InChI=1S/C19H18N2O5/c1-10-3-4-12(19(25)26)8-16(10)21-17(23)9-15(18(21)24)20-14-6-5-13(22)7-11(14)2/h3-8,15,20,22H,9H2,1-2H3,(H,25,26). The number of hydrogen-bond acceptors (Lipinski definition) is 5. The summed E-state index contributed by atoms with van der Waals surface area (Å²) in [7, 11) is 0. The first kappa shape index (κ1) is 17.5. The number of carbonyl (C=O) groups is 3. The van der Waals surface area contributed by atoms with Crippen LogP contribution in [0.2, 0.25) is 0 Å². The Balaban J connectivity index is 1.90. The van der Waals surface area contributed by atoms with Crippen LogP contribution in [0.5, 0.6) is 5.75 Å². The van der Waals surface area contributed by atoms with Crippen LogP contribution in [0.1, 0.15) is 27.9 Å². The van der Waals surface area contributed by atoms with E-state index in [-0.39, 0.29) is 23.4 Å². The van der Waals surface area contributed by atoms with Crippen LogP contribution >= 0.6 is 0 Å². The average Bonchev–Trinajstić information content (AvgIpc) is 2.84. The topological polar surface area (TPSA) is 107 Å². The largest absolute Gasteiger partial charge is 0.508 e. The van der Waals surface area contributed by atoms with E-state index in [1.54, 1.807) is 32.0 Å². The smallest absolute Gasteiger partial charge is 0.335 e. The summed E-state index contributed by atoms with van der Waals surface area (Å²) in [5, 5.41) is 21.7. The van der Waals surface area contributed by atoms with Crippen molar-refractivity contribution in [2.75, 3.05) is 10.2 Å². The molecular formula is C19H18N2O5. The van der Waals surface area contributed by atoms with Crippen LogP contribution in [0.4, 0.5) is 11.4 Å². The lowest BCUT2D eigenvalue weighted by atomic mass is 10.1. The van der Waals surface area contributed by atoms with Gasteiger partial charge >= 0.3 is 5.97 Å². The minimum Gasteiger partial charge on any atom is -0.508 e. The molecule has 1 aliphatic heterocycles. The van der Waals surface area contributed by atoms with Crippen molar-refractivity contribution in [1.82, 2.24) is 0 Å². The summed E-state index contributed by atoms with van der Waals surface area (Å²) in [5.74, 6) is -1.84. The third-order valence-electron chi connectivity index (χ3n) is 4.38. The molecule has 0 spiro atoms. The number of phenols is 1. The van der Waals surface area contributed by atoms with Crippen molar-refractivity contribution in [3.63, 3.8) is 0 Å². The maximum Gasteiger partial charge on any atom is 0.335 e. The van der Waals surface area contributed by atoms with E-state index in [9.17, 15) is 19.5 Å². The fraction of sp³-hybridized carbons (Fsp3) is 0.211. The van der Waals surface area contributed by atoms with Crippen molar-refractivity contribution in [3.8, 4) is 5.75 Å². The highest BCUT2D eigenvalue weighted by molar-refractivity contribution is 6.23. The molecule has 26 heavy (non-hydrogen) atoms. The molecule has 0 radical (unpaired) electrons. The first-order chi connectivity index (χ1) is 12.3. The molecule has 0 aromatic heterocycles. The molecule has 2 aromatic rings. The normalized spacial score (nSPS) is 16.8. The lowest BCUT2D eigenvalue weighted by Gasteiger charge is -2.19. The van der Waals surface area contributed by atoms with Crippen molar-refractivity contribution in [2.45, 2.75) is 26.3 Å². The van der Waals surface area contributed by atoms with Crippen LogP contribution in [-0.4, -0.2) is 34.0 Å². The molecule has 1 saturated heterocycles. The predicted molar refractivity (Wildman–Crippen MR) is 95.5 cm³/mol. The lowest BCUT2D eigenvalue weighted by molar-refractivity contribution is -0.121. The van der Waals surface area contributed by atoms with Crippen molar-refractivity contribution in [2.24, 2.45) is 0 Å². The molecule has 3 rings (SSSR count). The van der Waals surface area contributed by atoms with Gasteiger partial charge in [0, 0.05) is 5.69 Å². The summed E-state index contributed by atoms with van der Waals surface area (Å²) in [6, 6.07) is 8.28. The highest BCUT2D eigenvalue weighted by Crippen LogP contribution is 2.30. The Bertz CT molecular complexity index is 922. The van der Waals surface area contributed by atoms with Crippen molar-refractivity contribution in [1.29, 1.82) is 0 Å².